The lowest BCUT2D eigenvalue weighted by Crippen LogP contribution is -2.48. The Morgan fingerprint density at radius 3 is 0.887 bits per heavy atom. The van der Waals surface area contributed by atoms with E-state index in [-0.39, 0.29) is 0 Å². The molecule has 1 heteroatoms. The summed E-state index contributed by atoms with van der Waals surface area (Å²) in [6.45, 7) is 9.36. The molecule has 0 fully saturated rings. The van der Waals surface area contributed by atoms with E-state index in [0.717, 1.165) is 17.6 Å². The highest BCUT2D eigenvalue weighted by molar-refractivity contribution is 5.15. The zero-order valence-electron chi connectivity index (χ0n) is 35.6. The van der Waals surface area contributed by atoms with Crippen molar-refractivity contribution in [2.75, 3.05) is 13.1 Å². The predicted molar refractivity (Wildman–Crippen MR) is 238 cm³/mol. The third-order valence-corrected chi connectivity index (χ3v) is 11.5. The molecule has 0 atom stereocenters. The van der Waals surface area contributed by atoms with Crippen LogP contribution in [0.5, 0.6) is 0 Å². The molecule has 2 rings (SSSR count). The second-order valence-electron chi connectivity index (χ2n) is 16.7. The molecule has 53 heavy (non-hydrogen) atoms. The van der Waals surface area contributed by atoms with Gasteiger partial charge < -0.3 is 4.48 Å². The smallest absolute Gasteiger partial charge is 0.105 e. The van der Waals surface area contributed by atoms with Crippen LogP contribution in [0.4, 0.5) is 0 Å². The molecule has 0 saturated heterocycles. The van der Waals surface area contributed by atoms with Gasteiger partial charge >= 0.3 is 0 Å². The van der Waals surface area contributed by atoms with Crippen LogP contribution in [-0.2, 0) is 13.1 Å². The summed E-state index contributed by atoms with van der Waals surface area (Å²) in [6.07, 6.45) is 51.7. The van der Waals surface area contributed by atoms with Gasteiger partial charge in [-0.3, -0.25) is 0 Å². The van der Waals surface area contributed by atoms with Gasteiger partial charge in [0.1, 0.15) is 13.1 Å². The molecule has 300 valence electrons. The fourth-order valence-corrected chi connectivity index (χ4v) is 8.19. The first-order valence-corrected chi connectivity index (χ1v) is 23.5. The molecule has 0 spiro atoms. The van der Waals surface area contributed by atoms with Crippen molar-refractivity contribution < 1.29 is 4.48 Å². The number of allylic oxidation sites excluding steroid dienone is 4. The van der Waals surface area contributed by atoms with Gasteiger partial charge in [0.15, 0.2) is 0 Å². The molecule has 0 aliphatic heterocycles. The van der Waals surface area contributed by atoms with Crippen LogP contribution in [0.15, 0.2) is 85.0 Å². The van der Waals surface area contributed by atoms with Crippen LogP contribution in [0, 0.1) is 0 Å². The summed E-state index contributed by atoms with van der Waals surface area (Å²) in [7, 11) is 0. The summed E-state index contributed by atoms with van der Waals surface area (Å²) in [5.74, 6) is 0. The number of unbranched alkanes of at least 4 members (excludes halogenated alkanes) is 26. The number of rotatable bonds is 38. The second-order valence-corrected chi connectivity index (χ2v) is 16.7. The average Bonchev–Trinajstić information content (AvgIpc) is 3.18. The van der Waals surface area contributed by atoms with Crippen molar-refractivity contribution in [2.45, 2.75) is 220 Å². The molecule has 2 aromatic carbocycles. The van der Waals surface area contributed by atoms with E-state index in [9.17, 15) is 0 Å². The molecule has 0 saturated carbocycles. The molecule has 0 heterocycles. The van der Waals surface area contributed by atoms with Crippen LogP contribution in [0.1, 0.15) is 218 Å². The molecular formula is C52H88N+. The number of hydrogen-bond acceptors (Lipinski definition) is 0. The normalized spacial score (nSPS) is 12.1. The second kappa shape index (κ2) is 35.6. The minimum Gasteiger partial charge on any atom is -0.316 e. The van der Waals surface area contributed by atoms with E-state index in [4.69, 9.17) is 0 Å². The van der Waals surface area contributed by atoms with Crippen LogP contribution in [0.2, 0.25) is 0 Å². The highest BCUT2D eigenvalue weighted by atomic mass is 15.3. The molecule has 0 amide bonds. The highest BCUT2D eigenvalue weighted by Gasteiger charge is 2.27. The third kappa shape index (κ3) is 28.0. The molecule has 0 unspecified atom stereocenters. The first-order valence-electron chi connectivity index (χ1n) is 23.5. The first-order chi connectivity index (χ1) is 26.3. The van der Waals surface area contributed by atoms with E-state index >= 15 is 0 Å². The van der Waals surface area contributed by atoms with Gasteiger partial charge in [0, 0.05) is 24.0 Å². The maximum absolute atomic E-state index is 2.50. The summed E-state index contributed by atoms with van der Waals surface area (Å²) in [5, 5.41) is 0. The van der Waals surface area contributed by atoms with Crippen molar-refractivity contribution in [2.24, 2.45) is 0 Å². The Bertz CT molecular complexity index is 981. The van der Waals surface area contributed by atoms with Gasteiger partial charge in [0.05, 0.1) is 13.1 Å². The van der Waals surface area contributed by atoms with Crippen molar-refractivity contribution >= 4 is 0 Å². The summed E-state index contributed by atoms with van der Waals surface area (Å²) in [4.78, 5) is 0. The topological polar surface area (TPSA) is 0 Å². The lowest BCUT2D eigenvalue weighted by atomic mass is 10.0. The Labute approximate surface area is 332 Å². The summed E-state index contributed by atoms with van der Waals surface area (Å²) in [6, 6.07) is 22.6. The third-order valence-electron chi connectivity index (χ3n) is 11.5. The number of nitrogens with zero attached hydrogens (tertiary/aromatic N) is 1. The minimum atomic E-state index is 1.13. The Morgan fingerprint density at radius 2 is 0.585 bits per heavy atom. The number of quaternary nitrogens is 1. The van der Waals surface area contributed by atoms with Crippen LogP contribution in [0.3, 0.4) is 0 Å². The zero-order valence-corrected chi connectivity index (χ0v) is 35.6. The van der Waals surface area contributed by atoms with E-state index in [0.29, 0.717) is 0 Å². The zero-order chi connectivity index (χ0) is 37.6. The molecule has 0 N–H and O–H groups in total. The Kier molecular flexibility index (Phi) is 31.6. The Balaban J connectivity index is 1.71. The summed E-state index contributed by atoms with van der Waals surface area (Å²) < 4.78 is 1.16. The van der Waals surface area contributed by atoms with E-state index in [1.165, 1.54) is 217 Å². The van der Waals surface area contributed by atoms with E-state index in [2.05, 4.69) is 98.8 Å². The maximum atomic E-state index is 2.50. The predicted octanol–water partition coefficient (Wildman–Crippen LogP) is 17.1. The van der Waals surface area contributed by atoms with Crippen molar-refractivity contribution in [1.82, 2.24) is 0 Å². The van der Waals surface area contributed by atoms with Crippen LogP contribution < -0.4 is 0 Å². The Morgan fingerprint density at radius 1 is 0.321 bits per heavy atom. The molecule has 1 nitrogen and oxygen atoms in total. The quantitative estimate of drug-likeness (QED) is 0.0367. The monoisotopic (exact) mass is 727 g/mol. The fourth-order valence-electron chi connectivity index (χ4n) is 8.19. The molecule has 0 aliphatic carbocycles. The minimum absolute atomic E-state index is 1.13. The molecular weight excluding hydrogens is 639 g/mol. The van der Waals surface area contributed by atoms with Gasteiger partial charge in [-0.15, -0.1) is 0 Å². The van der Waals surface area contributed by atoms with Crippen molar-refractivity contribution in [3.05, 3.63) is 96.1 Å². The van der Waals surface area contributed by atoms with Gasteiger partial charge in [0.25, 0.3) is 0 Å². The molecule has 2 aromatic rings. The van der Waals surface area contributed by atoms with Crippen molar-refractivity contribution in [3.63, 3.8) is 0 Å². The van der Waals surface area contributed by atoms with Crippen molar-refractivity contribution in [1.29, 1.82) is 0 Å². The van der Waals surface area contributed by atoms with Crippen LogP contribution >= 0.6 is 0 Å². The van der Waals surface area contributed by atoms with Gasteiger partial charge in [-0.25, -0.2) is 0 Å². The molecule has 0 radical (unpaired) electrons. The van der Waals surface area contributed by atoms with E-state index in [1.807, 2.05) is 0 Å². The first kappa shape index (κ1) is 47.0. The number of benzene rings is 2. The highest BCUT2D eigenvalue weighted by Crippen LogP contribution is 2.24. The SMILES string of the molecule is CCCCCCCCCCCCCC/C=C/CCC[N+](CCC/C=C/CCCCCCCCCCCCCC)(Cc1ccccc1)Cc1ccccc1. The lowest BCUT2D eigenvalue weighted by Gasteiger charge is -2.39. The maximum Gasteiger partial charge on any atom is 0.105 e. The fraction of sp³-hybridized carbons (Fsp3) is 0.692. The molecule has 0 aliphatic rings. The van der Waals surface area contributed by atoms with E-state index < -0.39 is 0 Å². The molecule has 0 aromatic heterocycles. The average molecular weight is 727 g/mol. The van der Waals surface area contributed by atoms with Gasteiger partial charge in [-0.05, 0) is 38.5 Å². The van der Waals surface area contributed by atoms with Gasteiger partial charge in [-0.2, -0.15) is 0 Å². The van der Waals surface area contributed by atoms with Gasteiger partial charge in [0.2, 0.25) is 0 Å². The standard InChI is InChI=1S/C52H88N/c1-3-5-7-9-11-13-15-17-19-21-23-25-27-29-31-33-41-47-53(49-51-43-37-35-38-44-51,50-52-45-39-36-40-46-52)48-42-34-32-30-28-26-24-22-20-18-16-14-12-10-8-6-4-2/h29-32,35-40,43-46H,3-28,33-34,41-42,47-50H2,1-2H3/q+1/b31-29+,32-30+. The number of hydrogen-bond donors (Lipinski definition) is 0. The van der Waals surface area contributed by atoms with Crippen LogP contribution in [0.25, 0.3) is 0 Å². The van der Waals surface area contributed by atoms with Crippen LogP contribution in [-0.4, -0.2) is 17.6 Å². The van der Waals surface area contributed by atoms with E-state index in [1.54, 1.807) is 0 Å². The lowest BCUT2D eigenvalue weighted by molar-refractivity contribution is -0.954. The van der Waals surface area contributed by atoms with Gasteiger partial charge in [-0.1, -0.05) is 240 Å². The largest absolute Gasteiger partial charge is 0.316 e. The summed E-state index contributed by atoms with van der Waals surface area (Å²) in [5.41, 5.74) is 2.96. The van der Waals surface area contributed by atoms with Crippen molar-refractivity contribution in [3.8, 4) is 0 Å². The Hall–Kier alpha value is -2.12. The molecule has 0 bridgehead atoms. The summed E-state index contributed by atoms with van der Waals surface area (Å²) >= 11 is 0.